The lowest BCUT2D eigenvalue weighted by Gasteiger charge is -2.32. The Balaban J connectivity index is 2.12. The van der Waals surface area contributed by atoms with Crippen LogP contribution >= 0.6 is 0 Å². The maximum atomic E-state index is 5.92. The van der Waals surface area contributed by atoms with Crippen molar-refractivity contribution in [2.75, 3.05) is 17.2 Å². The van der Waals surface area contributed by atoms with Crippen molar-refractivity contribution >= 4 is 11.4 Å². The third kappa shape index (κ3) is 3.41. The van der Waals surface area contributed by atoms with E-state index in [9.17, 15) is 0 Å². The Morgan fingerprint density at radius 3 is 2.61 bits per heavy atom. The van der Waals surface area contributed by atoms with Crippen molar-refractivity contribution in [2.45, 2.75) is 52.0 Å². The predicted molar refractivity (Wildman–Crippen MR) is 79.9 cm³/mol. The van der Waals surface area contributed by atoms with E-state index in [4.69, 9.17) is 5.73 Å². The zero-order valence-electron chi connectivity index (χ0n) is 11.7. The quantitative estimate of drug-likeness (QED) is 0.794. The summed E-state index contributed by atoms with van der Waals surface area (Å²) >= 11 is 0. The van der Waals surface area contributed by atoms with Crippen LogP contribution in [0, 0.1) is 5.92 Å². The number of nitrogen functional groups attached to an aromatic ring is 1. The van der Waals surface area contributed by atoms with Crippen molar-refractivity contribution in [3.05, 3.63) is 24.3 Å². The molecular weight excluding hydrogens is 220 g/mol. The molecule has 2 nitrogen and oxygen atoms in total. The van der Waals surface area contributed by atoms with Crippen LogP contribution in [-0.4, -0.2) is 12.6 Å². The molecule has 1 aliphatic carbocycles. The lowest BCUT2D eigenvalue weighted by atomic mass is 10.1. The molecule has 1 fully saturated rings. The highest BCUT2D eigenvalue weighted by molar-refractivity contribution is 5.56. The largest absolute Gasteiger partial charge is 0.399 e. The molecule has 0 atom stereocenters. The summed E-state index contributed by atoms with van der Waals surface area (Å²) in [6, 6.07) is 9.10. The molecule has 0 heterocycles. The number of nitrogens with two attached hydrogens (primary N) is 1. The molecule has 1 aromatic carbocycles. The Kier molecular flexibility index (Phi) is 4.51. The summed E-state index contributed by atoms with van der Waals surface area (Å²) in [5.41, 5.74) is 8.11. The van der Waals surface area contributed by atoms with E-state index < -0.39 is 0 Å². The van der Waals surface area contributed by atoms with E-state index in [1.54, 1.807) is 0 Å². The van der Waals surface area contributed by atoms with Crippen LogP contribution in [0.25, 0.3) is 0 Å². The van der Waals surface area contributed by atoms with Gasteiger partial charge in [-0.15, -0.1) is 0 Å². The van der Waals surface area contributed by atoms with Crippen molar-refractivity contribution in [3.8, 4) is 0 Å². The molecule has 0 unspecified atom stereocenters. The summed E-state index contributed by atoms with van der Waals surface area (Å²) < 4.78 is 0. The van der Waals surface area contributed by atoms with Gasteiger partial charge in [-0.1, -0.05) is 32.8 Å². The molecule has 2 N–H and O–H groups in total. The van der Waals surface area contributed by atoms with E-state index in [-0.39, 0.29) is 0 Å². The summed E-state index contributed by atoms with van der Waals surface area (Å²) in [6.07, 6.45) is 6.70. The minimum absolute atomic E-state index is 0.727. The monoisotopic (exact) mass is 246 g/mol. The molecule has 1 aromatic rings. The van der Waals surface area contributed by atoms with Crippen LogP contribution in [0.1, 0.15) is 46.0 Å². The summed E-state index contributed by atoms with van der Waals surface area (Å²) in [4.78, 5) is 2.59. The second-order valence-corrected chi connectivity index (χ2v) is 5.91. The van der Waals surface area contributed by atoms with Crippen LogP contribution in [0.4, 0.5) is 11.4 Å². The van der Waals surface area contributed by atoms with Crippen molar-refractivity contribution in [1.29, 1.82) is 0 Å². The Labute approximate surface area is 111 Å². The van der Waals surface area contributed by atoms with Gasteiger partial charge in [-0.05, 0) is 43.4 Å². The molecule has 0 bridgehead atoms. The molecule has 18 heavy (non-hydrogen) atoms. The van der Waals surface area contributed by atoms with Gasteiger partial charge in [0, 0.05) is 24.0 Å². The van der Waals surface area contributed by atoms with Gasteiger partial charge >= 0.3 is 0 Å². The van der Waals surface area contributed by atoms with Crippen LogP contribution in [0.15, 0.2) is 24.3 Å². The lowest BCUT2D eigenvalue weighted by molar-refractivity contribution is 0.528. The normalized spacial score (nSPS) is 16.4. The van der Waals surface area contributed by atoms with Gasteiger partial charge in [0.1, 0.15) is 0 Å². The minimum atomic E-state index is 0.727. The fourth-order valence-electron chi connectivity index (χ4n) is 2.84. The number of rotatable bonds is 5. The van der Waals surface area contributed by atoms with E-state index in [2.05, 4.69) is 36.9 Å². The van der Waals surface area contributed by atoms with Crippen molar-refractivity contribution in [3.63, 3.8) is 0 Å². The van der Waals surface area contributed by atoms with Crippen molar-refractivity contribution in [1.82, 2.24) is 0 Å². The maximum Gasteiger partial charge on any atom is 0.0389 e. The van der Waals surface area contributed by atoms with Gasteiger partial charge in [0.05, 0.1) is 0 Å². The van der Waals surface area contributed by atoms with Gasteiger partial charge in [-0.2, -0.15) is 0 Å². The SMILES string of the molecule is CC(C)CCN(c1cccc(N)c1)C1CCCC1. The van der Waals surface area contributed by atoms with Gasteiger partial charge in [0.25, 0.3) is 0 Å². The summed E-state index contributed by atoms with van der Waals surface area (Å²) in [6.45, 7) is 5.75. The average molecular weight is 246 g/mol. The molecule has 0 saturated heterocycles. The number of anilines is 2. The first-order chi connectivity index (χ1) is 8.66. The zero-order valence-corrected chi connectivity index (χ0v) is 11.7. The second kappa shape index (κ2) is 6.12. The van der Waals surface area contributed by atoms with Crippen molar-refractivity contribution < 1.29 is 0 Å². The highest BCUT2D eigenvalue weighted by Gasteiger charge is 2.22. The Morgan fingerprint density at radius 2 is 2.00 bits per heavy atom. The van der Waals surface area contributed by atoms with Crippen LogP contribution < -0.4 is 10.6 Å². The Hall–Kier alpha value is -1.18. The summed E-state index contributed by atoms with van der Waals surface area (Å²) in [7, 11) is 0. The fraction of sp³-hybridized carbons (Fsp3) is 0.625. The van der Waals surface area contributed by atoms with E-state index in [1.807, 2.05) is 6.07 Å². The first-order valence-electron chi connectivity index (χ1n) is 7.29. The van der Waals surface area contributed by atoms with Crippen LogP contribution in [0.2, 0.25) is 0 Å². The van der Waals surface area contributed by atoms with Gasteiger partial charge in [-0.25, -0.2) is 0 Å². The first kappa shape index (κ1) is 13.3. The van der Waals surface area contributed by atoms with E-state index >= 15 is 0 Å². The average Bonchev–Trinajstić information content (AvgIpc) is 2.83. The highest BCUT2D eigenvalue weighted by atomic mass is 15.2. The molecule has 1 saturated carbocycles. The van der Waals surface area contributed by atoms with E-state index in [0.717, 1.165) is 24.2 Å². The Bertz CT molecular complexity index is 367. The van der Waals surface area contributed by atoms with Crippen LogP contribution in [0.3, 0.4) is 0 Å². The topological polar surface area (TPSA) is 29.3 Å². The molecular formula is C16H26N2. The smallest absolute Gasteiger partial charge is 0.0389 e. The van der Waals surface area contributed by atoms with E-state index in [0.29, 0.717) is 0 Å². The van der Waals surface area contributed by atoms with E-state index in [1.165, 1.54) is 37.8 Å². The van der Waals surface area contributed by atoms with Crippen LogP contribution in [-0.2, 0) is 0 Å². The molecule has 0 aromatic heterocycles. The molecule has 0 radical (unpaired) electrons. The molecule has 2 rings (SSSR count). The maximum absolute atomic E-state index is 5.92. The molecule has 2 heteroatoms. The summed E-state index contributed by atoms with van der Waals surface area (Å²) in [5.74, 6) is 0.759. The number of nitrogens with zero attached hydrogens (tertiary/aromatic N) is 1. The molecule has 0 aliphatic heterocycles. The third-order valence-corrected chi connectivity index (χ3v) is 3.91. The molecule has 1 aliphatic rings. The van der Waals surface area contributed by atoms with Crippen LogP contribution in [0.5, 0.6) is 0 Å². The fourth-order valence-corrected chi connectivity index (χ4v) is 2.84. The third-order valence-electron chi connectivity index (χ3n) is 3.91. The Morgan fingerprint density at radius 1 is 1.28 bits per heavy atom. The first-order valence-corrected chi connectivity index (χ1v) is 7.29. The second-order valence-electron chi connectivity index (χ2n) is 5.91. The highest BCUT2D eigenvalue weighted by Crippen LogP contribution is 2.29. The number of hydrogen-bond donors (Lipinski definition) is 1. The van der Waals surface area contributed by atoms with Gasteiger partial charge in [-0.3, -0.25) is 0 Å². The molecule has 0 spiro atoms. The number of benzene rings is 1. The minimum Gasteiger partial charge on any atom is -0.399 e. The van der Waals surface area contributed by atoms with Gasteiger partial charge in [0.2, 0.25) is 0 Å². The van der Waals surface area contributed by atoms with Gasteiger partial charge in [0.15, 0.2) is 0 Å². The molecule has 100 valence electrons. The lowest BCUT2D eigenvalue weighted by Crippen LogP contribution is -2.34. The summed E-state index contributed by atoms with van der Waals surface area (Å²) in [5, 5.41) is 0. The van der Waals surface area contributed by atoms with Gasteiger partial charge < -0.3 is 10.6 Å². The number of hydrogen-bond acceptors (Lipinski definition) is 2. The standard InChI is InChI=1S/C16H26N2/c1-13(2)10-11-18(15-7-3-4-8-15)16-9-5-6-14(17)12-16/h5-6,9,12-13,15H,3-4,7-8,10-11,17H2,1-2H3. The molecule has 0 amide bonds. The van der Waals surface area contributed by atoms with Crippen molar-refractivity contribution in [2.24, 2.45) is 5.92 Å². The zero-order chi connectivity index (χ0) is 13.0. The predicted octanol–water partition coefficient (Wildman–Crippen LogP) is 4.06.